The van der Waals surface area contributed by atoms with Crippen molar-refractivity contribution in [2.75, 3.05) is 6.54 Å². The Labute approximate surface area is 121 Å². The van der Waals surface area contributed by atoms with Crippen molar-refractivity contribution in [2.45, 2.75) is 65.5 Å². The van der Waals surface area contributed by atoms with E-state index in [0.29, 0.717) is 12.5 Å². The lowest BCUT2D eigenvalue weighted by Crippen LogP contribution is -2.38. The summed E-state index contributed by atoms with van der Waals surface area (Å²) in [7, 11) is 0. The second kappa shape index (κ2) is 6.33. The highest BCUT2D eigenvalue weighted by molar-refractivity contribution is 7.09. The molecule has 1 heterocycles. The number of nitrogens with zero attached hydrogens (tertiary/aromatic N) is 1. The molecular weight excluding hydrogens is 256 g/mol. The Hall–Kier alpha value is -0.450. The average molecular weight is 284 g/mol. The Morgan fingerprint density at radius 1 is 1.32 bits per heavy atom. The Morgan fingerprint density at radius 2 is 1.95 bits per heavy atom. The SMILES string of the molecule is CC(C)CC(C)(O)CNCc1csc(C(C)(C)C)n1. The van der Waals surface area contributed by atoms with Gasteiger partial charge in [-0.05, 0) is 19.3 Å². The highest BCUT2D eigenvalue weighted by atomic mass is 32.1. The van der Waals surface area contributed by atoms with Crippen LogP contribution in [0.1, 0.15) is 58.7 Å². The molecular formula is C15H28N2OS. The van der Waals surface area contributed by atoms with Crippen molar-refractivity contribution >= 4 is 11.3 Å². The van der Waals surface area contributed by atoms with E-state index in [0.717, 1.165) is 18.7 Å². The fraction of sp³-hybridized carbons (Fsp3) is 0.800. The van der Waals surface area contributed by atoms with E-state index < -0.39 is 5.60 Å². The lowest BCUT2D eigenvalue weighted by molar-refractivity contribution is 0.0383. The maximum Gasteiger partial charge on any atom is 0.0982 e. The third-order valence-corrected chi connectivity index (χ3v) is 4.17. The van der Waals surface area contributed by atoms with Crippen LogP contribution in [0.2, 0.25) is 0 Å². The summed E-state index contributed by atoms with van der Waals surface area (Å²) in [5, 5.41) is 16.8. The van der Waals surface area contributed by atoms with Crippen molar-refractivity contribution in [2.24, 2.45) is 5.92 Å². The first-order valence-electron chi connectivity index (χ1n) is 6.98. The maximum atomic E-state index is 10.2. The Morgan fingerprint density at radius 3 is 2.42 bits per heavy atom. The van der Waals surface area contributed by atoms with Crippen LogP contribution in [0.15, 0.2) is 5.38 Å². The number of aromatic nitrogens is 1. The van der Waals surface area contributed by atoms with Crippen molar-refractivity contribution in [3.63, 3.8) is 0 Å². The molecule has 1 aromatic rings. The molecule has 0 aromatic carbocycles. The topological polar surface area (TPSA) is 45.1 Å². The first kappa shape index (κ1) is 16.6. The minimum Gasteiger partial charge on any atom is -0.389 e. The fourth-order valence-corrected chi connectivity index (χ4v) is 3.05. The van der Waals surface area contributed by atoms with Crippen LogP contribution in [0.5, 0.6) is 0 Å². The lowest BCUT2D eigenvalue weighted by atomic mass is 9.94. The van der Waals surface area contributed by atoms with Crippen LogP contribution in [0.25, 0.3) is 0 Å². The quantitative estimate of drug-likeness (QED) is 0.842. The minimum absolute atomic E-state index is 0.117. The molecule has 4 heteroatoms. The second-order valence-corrected chi connectivity index (χ2v) is 7.95. The number of rotatable bonds is 6. The van der Waals surface area contributed by atoms with Gasteiger partial charge in [0.25, 0.3) is 0 Å². The Balaban J connectivity index is 2.43. The van der Waals surface area contributed by atoms with Gasteiger partial charge < -0.3 is 10.4 Å². The van der Waals surface area contributed by atoms with Crippen molar-refractivity contribution in [3.05, 3.63) is 16.1 Å². The summed E-state index contributed by atoms with van der Waals surface area (Å²) in [5.41, 5.74) is 0.540. The molecule has 19 heavy (non-hydrogen) atoms. The highest BCUT2D eigenvalue weighted by Gasteiger charge is 2.22. The smallest absolute Gasteiger partial charge is 0.0982 e. The molecule has 0 saturated heterocycles. The van der Waals surface area contributed by atoms with Crippen LogP contribution in [-0.2, 0) is 12.0 Å². The molecule has 1 unspecified atom stereocenters. The van der Waals surface area contributed by atoms with Crippen LogP contribution in [0.4, 0.5) is 0 Å². The van der Waals surface area contributed by atoms with Gasteiger partial charge in [-0.25, -0.2) is 4.98 Å². The zero-order valence-electron chi connectivity index (χ0n) is 13.1. The summed E-state index contributed by atoms with van der Waals surface area (Å²) < 4.78 is 0. The van der Waals surface area contributed by atoms with E-state index in [1.807, 2.05) is 6.92 Å². The standard InChI is InChI=1S/C15H28N2OS/c1-11(2)7-15(6,18)10-16-8-12-9-19-13(17-12)14(3,4)5/h9,11,16,18H,7-8,10H2,1-6H3. The van der Waals surface area contributed by atoms with Crippen molar-refractivity contribution in [1.82, 2.24) is 10.3 Å². The number of thiazole rings is 1. The summed E-state index contributed by atoms with van der Waals surface area (Å²) in [4.78, 5) is 4.64. The van der Waals surface area contributed by atoms with Crippen LogP contribution in [0.3, 0.4) is 0 Å². The van der Waals surface area contributed by atoms with Gasteiger partial charge in [0.2, 0.25) is 0 Å². The molecule has 1 atom stereocenters. The molecule has 0 aliphatic rings. The molecule has 0 aliphatic carbocycles. The fourth-order valence-electron chi connectivity index (χ4n) is 2.14. The predicted molar refractivity (Wildman–Crippen MR) is 82.6 cm³/mol. The zero-order valence-corrected chi connectivity index (χ0v) is 13.9. The van der Waals surface area contributed by atoms with Crippen LogP contribution < -0.4 is 5.32 Å². The third kappa shape index (κ3) is 6.02. The van der Waals surface area contributed by atoms with E-state index in [-0.39, 0.29) is 5.41 Å². The molecule has 0 radical (unpaired) electrons. The molecule has 1 aromatic heterocycles. The average Bonchev–Trinajstić information content (AvgIpc) is 2.62. The van der Waals surface area contributed by atoms with E-state index >= 15 is 0 Å². The first-order chi connectivity index (χ1) is 8.60. The van der Waals surface area contributed by atoms with E-state index in [4.69, 9.17) is 0 Å². The molecule has 2 N–H and O–H groups in total. The number of aliphatic hydroxyl groups is 1. The summed E-state index contributed by atoms with van der Waals surface area (Å²) in [6.45, 7) is 14.0. The summed E-state index contributed by atoms with van der Waals surface area (Å²) >= 11 is 1.71. The van der Waals surface area contributed by atoms with E-state index in [1.165, 1.54) is 5.01 Å². The van der Waals surface area contributed by atoms with E-state index in [1.54, 1.807) is 11.3 Å². The van der Waals surface area contributed by atoms with Gasteiger partial charge >= 0.3 is 0 Å². The largest absolute Gasteiger partial charge is 0.389 e. The highest BCUT2D eigenvalue weighted by Crippen LogP contribution is 2.25. The predicted octanol–water partition coefficient (Wildman–Crippen LogP) is 3.33. The van der Waals surface area contributed by atoms with Crippen LogP contribution in [-0.4, -0.2) is 22.2 Å². The number of hydrogen-bond acceptors (Lipinski definition) is 4. The van der Waals surface area contributed by atoms with Crippen LogP contribution in [0, 0.1) is 5.92 Å². The molecule has 0 saturated carbocycles. The normalized spacial score (nSPS) is 15.8. The molecule has 1 rings (SSSR count). The van der Waals surface area contributed by atoms with Gasteiger partial charge in [-0.3, -0.25) is 0 Å². The third-order valence-electron chi connectivity index (χ3n) is 2.85. The van der Waals surface area contributed by atoms with Gasteiger partial charge in [-0.15, -0.1) is 11.3 Å². The van der Waals surface area contributed by atoms with Gasteiger partial charge in [0.15, 0.2) is 0 Å². The number of nitrogens with one attached hydrogen (secondary N) is 1. The lowest BCUT2D eigenvalue weighted by Gasteiger charge is -2.25. The summed E-state index contributed by atoms with van der Waals surface area (Å²) in [5.74, 6) is 0.503. The molecule has 0 fully saturated rings. The molecule has 0 aliphatic heterocycles. The van der Waals surface area contributed by atoms with Gasteiger partial charge in [-0.1, -0.05) is 34.6 Å². The Bertz CT molecular complexity index is 391. The molecule has 110 valence electrons. The Kier molecular flexibility index (Phi) is 5.53. The summed E-state index contributed by atoms with van der Waals surface area (Å²) in [6, 6.07) is 0. The summed E-state index contributed by atoms with van der Waals surface area (Å²) in [6.07, 6.45) is 0.810. The van der Waals surface area contributed by atoms with E-state index in [9.17, 15) is 5.11 Å². The molecule has 3 nitrogen and oxygen atoms in total. The maximum absolute atomic E-state index is 10.2. The van der Waals surface area contributed by atoms with Gasteiger partial charge in [0.05, 0.1) is 16.3 Å². The van der Waals surface area contributed by atoms with Crippen LogP contribution >= 0.6 is 11.3 Å². The zero-order chi connectivity index (χ0) is 14.7. The van der Waals surface area contributed by atoms with Crippen molar-refractivity contribution in [1.29, 1.82) is 0 Å². The van der Waals surface area contributed by atoms with Gasteiger partial charge in [-0.2, -0.15) is 0 Å². The molecule has 0 amide bonds. The molecule has 0 bridgehead atoms. The van der Waals surface area contributed by atoms with Crippen molar-refractivity contribution < 1.29 is 5.11 Å². The number of hydrogen-bond donors (Lipinski definition) is 2. The van der Waals surface area contributed by atoms with Gasteiger partial charge in [0, 0.05) is 23.9 Å². The van der Waals surface area contributed by atoms with Gasteiger partial charge in [0.1, 0.15) is 0 Å². The second-order valence-electron chi connectivity index (χ2n) is 7.09. The van der Waals surface area contributed by atoms with E-state index in [2.05, 4.69) is 50.3 Å². The van der Waals surface area contributed by atoms with Crippen molar-refractivity contribution in [3.8, 4) is 0 Å². The monoisotopic (exact) mass is 284 g/mol. The molecule has 0 spiro atoms. The minimum atomic E-state index is -0.642. The first-order valence-corrected chi connectivity index (χ1v) is 7.86.